The number of rotatable bonds is 4. The standard InChI is InChI=1S/C26H36O7/c1-15(14-27)19-8-9-20-18-7-6-16-12-17(32-23(28)30-4)13-22(33-24(29)31-5)26(16,3)21(18)10-11-25(19,20)2/h6-7,14-15,17,19-22H,8-13H2,1-5H3/t15-,17?,19+,20-,21-,22?,25+,26-/m0/s1. The summed E-state index contributed by atoms with van der Waals surface area (Å²) in [5.74, 6) is 1.10. The third-order valence-electron chi connectivity index (χ3n) is 9.36. The average Bonchev–Trinajstić information content (AvgIpc) is 3.16. The Balaban J connectivity index is 1.69. The first-order valence-electron chi connectivity index (χ1n) is 12.0. The van der Waals surface area contributed by atoms with Gasteiger partial charge in [-0.15, -0.1) is 0 Å². The van der Waals surface area contributed by atoms with Crippen LogP contribution in [0.25, 0.3) is 0 Å². The maximum Gasteiger partial charge on any atom is 0.508 e. The molecule has 2 unspecified atom stereocenters. The van der Waals surface area contributed by atoms with Crippen molar-refractivity contribution in [2.45, 2.75) is 71.5 Å². The maximum atomic E-state index is 12.2. The Morgan fingerprint density at radius 3 is 2.39 bits per heavy atom. The molecular formula is C26H36O7. The maximum absolute atomic E-state index is 12.2. The molecule has 0 amide bonds. The molecule has 0 radical (unpaired) electrons. The molecule has 4 rings (SSSR count). The lowest BCUT2D eigenvalue weighted by molar-refractivity contribution is -0.114. The Labute approximate surface area is 195 Å². The molecule has 0 spiro atoms. The minimum atomic E-state index is -0.734. The summed E-state index contributed by atoms with van der Waals surface area (Å²) in [5.41, 5.74) is 2.25. The Bertz CT molecular complexity index is 876. The fraction of sp³-hybridized carbons (Fsp3) is 0.731. The molecule has 4 aliphatic rings. The number of fused-ring (bicyclic) bond motifs is 5. The molecule has 7 nitrogen and oxygen atoms in total. The molecule has 0 aromatic heterocycles. The van der Waals surface area contributed by atoms with Crippen molar-refractivity contribution in [3.05, 3.63) is 23.3 Å². The van der Waals surface area contributed by atoms with Gasteiger partial charge in [-0.3, -0.25) is 0 Å². The molecular weight excluding hydrogens is 424 g/mol. The van der Waals surface area contributed by atoms with Crippen LogP contribution in [0.1, 0.15) is 59.3 Å². The van der Waals surface area contributed by atoms with E-state index < -0.39 is 29.9 Å². The van der Waals surface area contributed by atoms with Gasteiger partial charge in [-0.25, -0.2) is 9.59 Å². The molecule has 7 heteroatoms. The number of hydrogen-bond donors (Lipinski definition) is 0. The van der Waals surface area contributed by atoms with Crippen molar-refractivity contribution < 1.29 is 33.3 Å². The van der Waals surface area contributed by atoms with Crippen LogP contribution in [-0.4, -0.2) is 45.0 Å². The van der Waals surface area contributed by atoms with Crippen molar-refractivity contribution >= 4 is 18.6 Å². The van der Waals surface area contributed by atoms with Gasteiger partial charge in [0.05, 0.1) is 14.2 Å². The predicted molar refractivity (Wildman–Crippen MR) is 120 cm³/mol. The Hall–Kier alpha value is -2.31. The van der Waals surface area contributed by atoms with Crippen molar-refractivity contribution in [3.8, 4) is 0 Å². The molecule has 3 saturated carbocycles. The zero-order valence-electron chi connectivity index (χ0n) is 20.3. The molecule has 0 aromatic rings. The van der Waals surface area contributed by atoms with Gasteiger partial charge in [0, 0.05) is 24.2 Å². The molecule has 182 valence electrons. The van der Waals surface area contributed by atoms with Crippen LogP contribution < -0.4 is 0 Å². The lowest BCUT2D eigenvalue weighted by Crippen LogP contribution is -2.54. The molecule has 0 N–H and O–H groups in total. The second-order valence-corrected chi connectivity index (χ2v) is 10.7. The van der Waals surface area contributed by atoms with E-state index in [9.17, 15) is 14.4 Å². The fourth-order valence-electron chi connectivity index (χ4n) is 7.61. The lowest BCUT2D eigenvalue weighted by atomic mass is 9.49. The van der Waals surface area contributed by atoms with Crippen LogP contribution in [0.4, 0.5) is 9.59 Å². The minimum absolute atomic E-state index is 0.0590. The van der Waals surface area contributed by atoms with Gasteiger partial charge in [0.1, 0.15) is 18.5 Å². The van der Waals surface area contributed by atoms with E-state index in [4.69, 9.17) is 14.2 Å². The first-order valence-corrected chi connectivity index (χ1v) is 12.0. The van der Waals surface area contributed by atoms with Crippen LogP contribution in [0.3, 0.4) is 0 Å². The Morgan fingerprint density at radius 2 is 1.73 bits per heavy atom. The van der Waals surface area contributed by atoms with Gasteiger partial charge >= 0.3 is 12.3 Å². The van der Waals surface area contributed by atoms with Gasteiger partial charge in [0.15, 0.2) is 0 Å². The molecule has 0 heterocycles. The number of carbonyl (C=O) groups excluding carboxylic acids is 3. The SMILES string of the molecule is COC(=O)OC1CC2=CC=C3[C@@H]4CC[C@H]([C@@H](C)C=O)[C@@]4(C)CC[C@@H]3[C@@]2(C)C(OC(=O)OC)C1. The summed E-state index contributed by atoms with van der Waals surface area (Å²) >= 11 is 0. The summed E-state index contributed by atoms with van der Waals surface area (Å²) in [6.07, 6.45) is 8.28. The average molecular weight is 461 g/mol. The number of aldehydes is 1. The Morgan fingerprint density at radius 1 is 1.03 bits per heavy atom. The van der Waals surface area contributed by atoms with Crippen LogP contribution in [0.2, 0.25) is 0 Å². The van der Waals surface area contributed by atoms with Gasteiger partial charge in [-0.05, 0) is 48.9 Å². The van der Waals surface area contributed by atoms with E-state index in [1.807, 2.05) is 0 Å². The predicted octanol–water partition coefficient (Wildman–Crippen LogP) is 5.23. The molecule has 0 aliphatic heterocycles. The van der Waals surface area contributed by atoms with E-state index in [0.717, 1.165) is 37.5 Å². The van der Waals surface area contributed by atoms with E-state index in [0.29, 0.717) is 24.7 Å². The van der Waals surface area contributed by atoms with Gasteiger partial charge in [-0.1, -0.05) is 44.1 Å². The second kappa shape index (κ2) is 8.80. The summed E-state index contributed by atoms with van der Waals surface area (Å²) in [6.45, 7) is 6.59. The highest BCUT2D eigenvalue weighted by Gasteiger charge is 2.60. The zero-order valence-corrected chi connectivity index (χ0v) is 20.3. The molecule has 0 aromatic carbocycles. The van der Waals surface area contributed by atoms with Gasteiger partial charge in [0.2, 0.25) is 0 Å². The minimum Gasteiger partial charge on any atom is -0.438 e. The number of allylic oxidation sites excluding steroid dienone is 3. The van der Waals surface area contributed by atoms with Gasteiger partial charge < -0.3 is 23.7 Å². The highest BCUT2D eigenvalue weighted by Crippen LogP contribution is 2.66. The van der Waals surface area contributed by atoms with Crippen LogP contribution in [-0.2, 0) is 23.7 Å². The smallest absolute Gasteiger partial charge is 0.438 e. The van der Waals surface area contributed by atoms with Crippen LogP contribution >= 0.6 is 0 Å². The topological polar surface area (TPSA) is 88.1 Å². The molecule has 0 bridgehead atoms. The summed E-state index contributed by atoms with van der Waals surface area (Å²) in [5, 5.41) is 0. The molecule has 33 heavy (non-hydrogen) atoms. The highest BCUT2D eigenvalue weighted by atomic mass is 16.7. The van der Waals surface area contributed by atoms with E-state index in [2.05, 4.69) is 37.7 Å². The summed E-state index contributed by atoms with van der Waals surface area (Å²) in [4.78, 5) is 35.6. The van der Waals surface area contributed by atoms with Crippen LogP contribution in [0.15, 0.2) is 23.3 Å². The van der Waals surface area contributed by atoms with Gasteiger partial charge in [0.25, 0.3) is 0 Å². The van der Waals surface area contributed by atoms with Crippen LogP contribution in [0.5, 0.6) is 0 Å². The molecule has 3 fully saturated rings. The highest BCUT2D eigenvalue weighted by molar-refractivity contribution is 5.61. The normalized spacial score (nSPS) is 40.1. The van der Waals surface area contributed by atoms with E-state index in [1.165, 1.54) is 19.8 Å². The second-order valence-electron chi connectivity index (χ2n) is 10.7. The van der Waals surface area contributed by atoms with E-state index >= 15 is 0 Å². The number of ether oxygens (including phenoxy) is 4. The molecule has 0 saturated heterocycles. The zero-order chi connectivity index (χ0) is 24.0. The molecule has 8 atom stereocenters. The third kappa shape index (κ3) is 3.77. The quantitative estimate of drug-likeness (QED) is 0.419. The summed E-state index contributed by atoms with van der Waals surface area (Å²) < 4.78 is 20.8. The lowest BCUT2D eigenvalue weighted by Gasteiger charge is -2.56. The monoisotopic (exact) mass is 460 g/mol. The first-order chi connectivity index (χ1) is 15.7. The number of methoxy groups -OCH3 is 2. The van der Waals surface area contributed by atoms with Crippen molar-refractivity contribution in [2.75, 3.05) is 14.2 Å². The first kappa shape index (κ1) is 23.8. The van der Waals surface area contributed by atoms with Crippen molar-refractivity contribution in [2.24, 2.45) is 34.5 Å². The Kier molecular flexibility index (Phi) is 6.36. The third-order valence-corrected chi connectivity index (χ3v) is 9.36. The van der Waals surface area contributed by atoms with E-state index in [1.54, 1.807) is 0 Å². The van der Waals surface area contributed by atoms with Gasteiger partial charge in [-0.2, -0.15) is 0 Å². The van der Waals surface area contributed by atoms with Crippen molar-refractivity contribution in [3.63, 3.8) is 0 Å². The largest absolute Gasteiger partial charge is 0.508 e. The molecule has 4 aliphatic carbocycles. The van der Waals surface area contributed by atoms with E-state index in [-0.39, 0.29) is 17.3 Å². The van der Waals surface area contributed by atoms with Crippen molar-refractivity contribution in [1.29, 1.82) is 0 Å². The van der Waals surface area contributed by atoms with Crippen LogP contribution in [0, 0.1) is 34.5 Å². The number of carbonyl (C=O) groups is 3. The van der Waals surface area contributed by atoms with Crippen molar-refractivity contribution in [1.82, 2.24) is 0 Å². The summed E-state index contributed by atoms with van der Waals surface area (Å²) in [7, 11) is 2.59. The fourth-order valence-corrected chi connectivity index (χ4v) is 7.61. The summed E-state index contributed by atoms with van der Waals surface area (Å²) in [6, 6.07) is 0. The number of hydrogen-bond acceptors (Lipinski definition) is 7.